The Morgan fingerprint density at radius 3 is 2.33 bits per heavy atom. The number of phenolic OH excluding ortho intramolecular Hbond substituents is 1. The number of carbonyl (C=O) groups excluding carboxylic acids is 3. The van der Waals surface area contributed by atoms with E-state index >= 15 is 0 Å². The molecule has 3 N–H and O–H groups in total. The largest absolute Gasteiger partial charge is 0.507 e. The molecule has 0 saturated carbocycles. The molecule has 0 spiro atoms. The van der Waals surface area contributed by atoms with Crippen molar-refractivity contribution in [2.24, 2.45) is 0 Å². The van der Waals surface area contributed by atoms with Gasteiger partial charge in [0.2, 0.25) is 5.91 Å². The van der Waals surface area contributed by atoms with Gasteiger partial charge in [-0.3, -0.25) is 9.59 Å². The Labute approximate surface area is 218 Å². The van der Waals surface area contributed by atoms with E-state index in [9.17, 15) is 19.5 Å². The van der Waals surface area contributed by atoms with E-state index in [1.807, 2.05) is 19.1 Å². The summed E-state index contributed by atoms with van der Waals surface area (Å²) in [7, 11) is 0. The summed E-state index contributed by atoms with van der Waals surface area (Å²) in [5, 5.41) is 16.3. The summed E-state index contributed by atoms with van der Waals surface area (Å²) >= 11 is 4.25. The van der Waals surface area contributed by atoms with Gasteiger partial charge < -0.3 is 25.4 Å². The summed E-state index contributed by atoms with van der Waals surface area (Å²) in [6.45, 7) is 12.4. The standard InChI is InChI=1S/C27H35N3O5S/c1-7-15-30(25(33)21(16-36)29-26(34)35-27(4,5)6)22(19-13-10-12-18(3)23(19)31)24(32)28-20-14-9-8-11-17(20)2/h7-14,21-22,31,36H,1,15-16H2,2-6H3,(H,28,32)(H,29,34). The molecule has 0 aliphatic carbocycles. The maximum atomic E-state index is 13.7. The van der Waals surface area contributed by atoms with Crippen LogP contribution in [-0.2, 0) is 14.3 Å². The van der Waals surface area contributed by atoms with Crippen LogP contribution in [0, 0.1) is 13.8 Å². The van der Waals surface area contributed by atoms with Crippen LogP contribution >= 0.6 is 12.6 Å². The van der Waals surface area contributed by atoms with E-state index in [0.717, 1.165) is 5.56 Å². The smallest absolute Gasteiger partial charge is 0.408 e. The van der Waals surface area contributed by atoms with Gasteiger partial charge in [-0.25, -0.2) is 4.79 Å². The van der Waals surface area contributed by atoms with Gasteiger partial charge >= 0.3 is 6.09 Å². The van der Waals surface area contributed by atoms with Crippen molar-refractivity contribution in [3.63, 3.8) is 0 Å². The summed E-state index contributed by atoms with van der Waals surface area (Å²) in [4.78, 5) is 41.0. The molecule has 194 valence electrons. The van der Waals surface area contributed by atoms with E-state index < -0.39 is 35.6 Å². The van der Waals surface area contributed by atoms with Gasteiger partial charge in [-0.2, -0.15) is 12.6 Å². The van der Waals surface area contributed by atoms with Crippen LogP contribution in [0.2, 0.25) is 0 Å². The fourth-order valence-electron chi connectivity index (χ4n) is 3.56. The van der Waals surface area contributed by atoms with E-state index in [1.165, 1.54) is 11.0 Å². The molecular weight excluding hydrogens is 478 g/mol. The number of aromatic hydroxyl groups is 1. The number of benzene rings is 2. The van der Waals surface area contributed by atoms with Gasteiger partial charge in [-0.1, -0.05) is 42.5 Å². The van der Waals surface area contributed by atoms with E-state index in [-0.39, 0.29) is 23.6 Å². The van der Waals surface area contributed by atoms with Crippen LogP contribution in [0.5, 0.6) is 5.75 Å². The summed E-state index contributed by atoms with van der Waals surface area (Å²) in [6, 6.07) is 9.91. The maximum Gasteiger partial charge on any atom is 0.408 e. The monoisotopic (exact) mass is 513 g/mol. The lowest BCUT2D eigenvalue weighted by molar-refractivity contribution is -0.139. The van der Waals surface area contributed by atoms with Crippen LogP contribution in [0.4, 0.5) is 10.5 Å². The predicted octanol–water partition coefficient (Wildman–Crippen LogP) is 4.53. The van der Waals surface area contributed by atoms with Crippen molar-refractivity contribution >= 4 is 36.2 Å². The van der Waals surface area contributed by atoms with Gasteiger partial charge in [0.05, 0.1) is 0 Å². The quantitative estimate of drug-likeness (QED) is 0.291. The van der Waals surface area contributed by atoms with Crippen LogP contribution < -0.4 is 10.6 Å². The Kier molecular flexibility index (Phi) is 9.98. The molecule has 2 aromatic carbocycles. The summed E-state index contributed by atoms with van der Waals surface area (Å²) in [5.74, 6) is -1.26. The number of phenols is 1. The van der Waals surface area contributed by atoms with Crippen molar-refractivity contribution in [2.45, 2.75) is 52.3 Å². The number of alkyl carbamates (subject to hydrolysis) is 1. The molecule has 0 fully saturated rings. The molecule has 0 aliphatic heterocycles. The third-order valence-electron chi connectivity index (χ3n) is 5.31. The van der Waals surface area contributed by atoms with Crippen LogP contribution in [0.15, 0.2) is 55.1 Å². The number of hydrogen-bond acceptors (Lipinski definition) is 6. The number of rotatable bonds is 9. The van der Waals surface area contributed by atoms with Gasteiger partial charge in [-0.05, 0) is 51.8 Å². The van der Waals surface area contributed by atoms with E-state index in [1.54, 1.807) is 58.0 Å². The topological polar surface area (TPSA) is 108 Å². The van der Waals surface area contributed by atoms with E-state index in [0.29, 0.717) is 11.3 Å². The number of nitrogens with zero attached hydrogens (tertiary/aromatic N) is 1. The van der Waals surface area contributed by atoms with Crippen molar-refractivity contribution in [1.82, 2.24) is 10.2 Å². The number of hydrogen-bond donors (Lipinski definition) is 4. The van der Waals surface area contributed by atoms with Crippen molar-refractivity contribution in [1.29, 1.82) is 0 Å². The molecule has 2 unspecified atom stereocenters. The number of aryl methyl sites for hydroxylation is 2. The van der Waals surface area contributed by atoms with Crippen LogP contribution in [0.25, 0.3) is 0 Å². The Balaban J connectivity index is 2.52. The lowest BCUT2D eigenvalue weighted by Crippen LogP contribution is -2.53. The molecule has 0 saturated heterocycles. The average molecular weight is 514 g/mol. The maximum absolute atomic E-state index is 13.7. The Bertz CT molecular complexity index is 1110. The second kappa shape index (κ2) is 12.5. The average Bonchev–Trinajstić information content (AvgIpc) is 2.79. The number of thiol groups is 1. The highest BCUT2D eigenvalue weighted by molar-refractivity contribution is 7.80. The minimum atomic E-state index is -1.22. The number of para-hydroxylation sites is 2. The first-order chi connectivity index (χ1) is 16.9. The molecule has 2 aromatic rings. The molecule has 0 bridgehead atoms. The molecule has 0 radical (unpaired) electrons. The molecule has 2 rings (SSSR count). The van der Waals surface area contributed by atoms with Crippen LogP contribution in [-0.4, -0.2) is 51.9 Å². The molecule has 0 aromatic heterocycles. The summed E-state index contributed by atoms with van der Waals surface area (Å²) in [6.07, 6.45) is 0.690. The fourth-order valence-corrected chi connectivity index (χ4v) is 3.81. The van der Waals surface area contributed by atoms with Crippen molar-refractivity contribution in [2.75, 3.05) is 17.6 Å². The van der Waals surface area contributed by atoms with Gasteiger partial charge in [0, 0.05) is 23.5 Å². The van der Waals surface area contributed by atoms with Crippen molar-refractivity contribution in [3.05, 3.63) is 71.8 Å². The fraction of sp³-hybridized carbons (Fsp3) is 0.370. The van der Waals surface area contributed by atoms with E-state index in [4.69, 9.17) is 4.74 Å². The second-order valence-electron chi connectivity index (χ2n) is 9.38. The SMILES string of the molecule is C=CCN(C(=O)C(CS)NC(=O)OC(C)(C)C)C(C(=O)Nc1ccccc1C)c1cccc(C)c1O. The molecule has 3 amide bonds. The summed E-state index contributed by atoms with van der Waals surface area (Å²) in [5.41, 5.74) is 1.43. The highest BCUT2D eigenvalue weighted by Crippen LogP contribution is 2.33. The molecule has 8 nitrogen and oxygen atoms in total. The minimum Gasteiger partial charge on any atom is -0.507 e. The number of carbonyl (C=O) groups is 3. The molecule has 0 aliphatic rings. The van der Waals surface area contributed by atoms with Crippen molar-refractivity contribution in [3.8, 4) is 5.75 Å². The van der Waals surface area contributed by atoms with Gasteiger partial charge in [-0.15, -0.1) is 6.58 Å². The van der Waals surface area contributed by atoms with Gasteiger partial charge in [0.1, 0.15) is 23.4 Å². The minimum absolute atomic E-state index is 0.0294. The highest BCUT2D eigenvalue weighted by Gasteiger charge is 2.37. The normalized spacial score (nSPS) is 12.7. The lowest BCUT2D eigenvalue weighted by Gasteiger charge is -2.34. The van der Waals surface area contributed by atoms with Crippen LogP contribution in [0.3, 0.4) is 0 Å². The zero-order valence-corrected chi connectivity index (χ0v) is 22.3. The third-order valence-corrected chi connectivity index (χ3v) is 5.67. The van der Waals surface area contributed by atoms with Gasteiger partial charge in [0.15, 0.2) is 0 Å². The first-order valence-corrected chi connectivity index (χ1v) is 12.2. The first-order valence-electron chi connectivity index (χ1n) is 11.6. The van der Waals surface area contributed by atoms with Gasteiger partial charge in [0.25, 0.3) is 5.91 Å². The van der Waals surface area contributed by atoms with Crippen molar-refractivity contribution < 1.29 is 24.2 Å². The van der Waals surface area contributed by atoms with Crippen LogP contribution in [0.1, 0.15) is 43.5 Å². The lowest BCUT2D eigenvalue weighted by atomic mass is 9.99. The third kappa shape index (κ3) is 7.52. The molecule has 0 heterocycles. The highest BCUT2D eigenvalue weighted by atomic mass is 32.1. The zero-order chi connectivity index (χ0) is 27.0. The predicted molar refractivity (Wildman–Crippen MR) is 144 cm³/mol. The first kappa shape index (κ1) is 28.8. The number of nitrogens with one attached hydrogen (secondary N) is 2. The zero-order valence-electron chi connectivity index (χ0n) is 21.4. The summed E-state index contributed by atoms with van der Waals surface area (Å²) < 4.78 is 5.29. The number of anilines is 1. The molecule has 36 heavy (non-hydrogen) atoms. The Morgan fingerprint density at radius 2 is 1.75 bits per heavy atom. The molecular formula is C27H35N3O5S. The van der Waals surface area contributed by atoms with E-state index in [2.05, 4.69) is 29.8 Å². The molecule has 2 atom stereocenters. The number of ether oxygens (including phenoxy) is 1. The number of amides is 3. The Morgan fingerprint density at radius 1 is 1.11 bits per heavy atom. The molecule has 9 heteroatoms. The second-order valence-corrected chi connectivity index (χ2v) is 9.75. The Hall–Kier alpha value is -3.46.